The normalized spacial score (nSPS) is 23.6. The van der Waals surface area contributed by atoms with Crippen molar-refractivity contribution in [2.24, 2.45) is 11.7 Å². The van der Waals surface area contributed by atoms with Crippen LogP contribution >= 0.6 is 0 Å². The summed E-state index contributed by atoms with van der Waals surface area (Å²) in [5.74, 6) is 0.642. The van der Waals surface area contributed by atoms with E-state index in [2.05, 4.69) is 47.1 Å². The highest BCUT2D eigenvalue weighted by atomic mass is 15.1. The second-order valence-electron chi connectivity index (χ2n) is 6.34. The van der Waals surface area contributed by atoms with E-state index in [0.29, 0.717) is 12.0 Å². The van der Waals surface area contributed by atoms with Crippen molar-refractivity contribution in [3.05, 3.63) is 41.6 Å². The Bertz CT molecular complexity index is 623. The molecule has 21 heavy (non-hydrogen) atoms. The van der Waals surface area contributed by atoms with Gasteiger partial charge in [-0.1, -0.05) is 25.5 Å². The number of piperidine rings is 1. The highest BCUT2D eigenvalue weighted by Crippen LogP contribution is 2.22. The Kier molecular flexibility index (Phi) is 4.22. The molecule has 2 N–H and O–H groups in total. The zero-order valence-electron chi connectivity index (χ0n) is 13.0. The maximum absolute atomic E-state index is 6.20. The van der Waals surface area contributed by atoms with Gasteiger partial charge < -0.3 is 5.73 Å². The number of nitrogens with two attached hydrogens (primary N) is 1. The SMILES string of the molecule is CCC1CN(Cc2ccc3nc(C)ccc3c2)CCC1N. The van der Waals surface area contributed by atoms with Gasteiger partial charge in [-0.05, 0) is 49.6 Å². The van der Waals surface area contributed by atoms with Crippen LogP contribution in [0.1, 0.15) is 31.0 Å². The van der Waals surface area contributed by atoms with Gasteiger partial charge in [0.25, 0.3) is 0 Å². The summed E-state index contributed by atoms with van der Waals surface area (Å²) in [5, 5.41) is 1.24. The topological polar surface area (TPSA) is 42.2 Å². The van der Waals surface area contributed by atoms with Crippen LogP contribution in [0.15, 0.2) is 30.3 Å². The summed E-state index contributed by atoms with van der Waals surface area (Å²) in [6.07, 6.45) is 2.30. The fourth-order valence-corrected chi connectivity index (χ4v) is 3.33. The molecular formula is C18H25N3. The lowest BCUT2D eigenvalue weighted by molar-refractivity contribution is 0.145. The van der Waals surface area contributed by atoms with E-state index in [0.717, 1.165) is 37.3 Å². The van der Waals surface area contributed by atoms with Crippen molar-refractivity contribution in [3.63, 3.8) is 0 Å². The summed E-state index contributed by atoms with van der Waals surface area (Å²) >= 11 is 0. The monoisotopic (exact) mass is 283 g/mol. The van der Waals surface area contributed by atoms with E-state index in [1.54, 1.807) is 0 Å². The Hall–Kier alpha value is -1.45. The first-order valence-corrected chi connectivity index (χ1v) is 8.00. The van der Waals surface area contributed by atoms with E-state index < -0.39 is 0 Å². The molecule has 1 aliphatic heterocycles. The maximum Gasteiger partial charge on any atom is 0.0705 e. The Labute approximate surface area is 127 Å². The van der Waals surface area contributed by atoms with Gasteiger partial charge in [0, 0.05) is 30.2 Å². The molecule has 0 saturated carbocycles. The van der Waals surface area contributed by atoms with E-state index in [4.69, 9.17) is 5.73 Å². The van der Waals surface area contributed by atoms with Gasteiger partial charge in [-0.15, -0.1) is 0 Å². The highest BCUT2D eigenvalue weighted by Gasteiger charge is 2.25. The van der Waals surface area contributed by atoms with Gasteiger partial charge in [0.15, 0.2) is 0 Å². The molecule has 0 aliphatic carbocycles. The molecule has 0 bridgehead atoms. The summed E-state index contributed by atoms with van der Waals surface area (Å²) in [6, 6.07) is 11.3. The standard InChI is InChI=1S/C18H25N3/c1-3-15-12-21(9-8-17(15)19)11-14-5-7-18-16(10-14)6-4-13(2)20-18/h4-7,10,15,17H,3,8-9,11-12,19H2,1-2H3. The molecule has 1 aromatic carbocycles. The van der Waals surface area contributed by atoms with Crippen LogP contribution in [0.5, 0.6) is 0 Å². The molecule has 3 nitrogen and oxygen atoms in total. The molecule has 1 saturated heterocycles. The summed E-state index contributed by atoms with van der Waals surface area (Å²) in [6.45, 7) is 7.55. The van der Waals surface area contributed by atoms with Crippen molar-refractivity contribution < 1.29 is 0 Å². The van der Waals surface area contributed by atoms with Crippen molar-refractivity contribution >= 4 is 10.9 Å². The average molecular weight is 283 g/mol. The minimum Gasteiger partial charge on any atom is -0.327 e. The van der Waals surface area contributed by atoms with Gasteiger partial charge in [-0.2, -0.15) is 0 Å². The molecule has 1 aliphatic rings. The number of nitrogens with zero attached hydrogens (tertiary/aromatic N) is 2. The van der Waals surface area contributed by atoms with Gasteiger partial charge in [-0.3, -0.25) is 9.88 Å². The number of likely N-dealkylation sites (tertiary alicyclic amines) is 1. The molecule has 2 aromatic rings. The van der Waals surface area contributed by atoms with E-state index in [1.165, 1.54) is 17.4 Å². The van der Waals surface area contributed by atoms with Crippen molar-refractivity contribution in [1.29, 1.82) is 0 Å². The lowest BCUT2D eigenvalue weighted by Gasteiger charge is -2.36. The molecular weight excluding hydrogens is 258 g/mol. The van der Waals surface area contributed by atoms with Gasteiger partial charge >= 0.3 is 0 Å². The van der Waals surface area contributed by atoms with Crippen LogP contribution < -0.4 is 5.73 Å². The molecule has 0 radical (unpaired) electrons. The van der Waals surface area contributed by atoms with E-state index >= 15 is 0 Å². The van der Waals surface area contributed by atoms with E-state index in [1.807, 2.05) is 6.92 Å². The van der Waals surface area contributed by atoms with E-state index in [-0.39, 0.29) is 0 Å². The zero-order valence-corrected chi connectivity index (χ0v) is 13.0. The molecule has 0 spiro atoms. The summed E-state index contributed by atoms with van der Waals surface area (Å²) in [5.41, 5.74) is 9.74. The Morgan fingerprint density at radius 2 is 2.14 bits per heavy atom. The van der Waals surface area contributed by atoms with Gasteiger partial charge in [-0.25, -0.2) is 0 Å². The lowest BCUT2D eigenvalue weighted by atomic mass is 9.90. The quantitative estimate of drug-likeness (QED) is 0.941. The Morgan fingerprint density at radius 3 is 2.95 bits per heavy atom. The third-order valence-corrected chi connectivity index (χ3v) is 4.70. The second kappa shape index (κ2) is 6.12. The molecule has 112 valence electrons. The predicted octanol–water partition coefficient (Wildman–Crippen LogP) is 3.10. The van der Waals surface area contributed by atoms with Crippen LogP contribution in [-0.2, 0) is 6.54 Å². The summed E-state index contributed by atoms with van der Waals surface area (Å²) in [4.78, 5) is 7.11. The fourth-order valence-electron chi connectivity index (χ4n) is 3.33. The molecule has 1 fully saturated rings. The van der Waals surface area contributed by atoms with Gasteiger partial charge in [0.1, 0.15) is 0 Å². The van der Waals surface area contributed by atoms with Crippen molar-refractivity contribution in [3.8, 4) is 0 Å². The number of pyridine rings is 1. The molecule has 0 amide bonds. The largest absolute Gasteiger partial charge is 0.327 e. The average Bonchev–Trinajstić information content (AvgIpc) is 2.49. The Balaban J connectivity index is 1.74. The van der Waals surface area contributed by atoms with Crippen LogP contribution in [0.25, 0.3) is 10.9 Å². The second-order valence-corrected chi connectivity index (χ2v) is 6.34. The molecule has 2 atom stereocenters. The van der Waals surface area contributed by atoms with E-state index in [9.17, 15) is 0 Å². The first kappa shape index (κ1) is 14.5. The minimum atomic E-state index is 0.384. The summed E-state index contributed by atoms with van der Waals surface area (Å²) in [7, 11) is 0. The number of hydrogen-bond donors (Lipinski definition) is 1. The molecule has 1 aromatic heterocycles. The third-order valence-electron chi connectivity index (χ3n) is 4.70. The lowest BCUT2D eigenvalue weighted by Crippen LogP contribution is -2.46. The van der Waals surface area contributed by atoms with Crippen LogP contribution in [0.4, 0.5) is 0 Å². The van der Waals surface area contributed by atoms with Crippen LogP contribution in [0, 0.1) is 12.8 Å². The smallest absolute Gasteiger partial charge is 0.0705 e. The zero-order chi connectivity index (χ0) is 14.8. The number of aromatic nitrogens is 1. The first-order valence-electron chi connectivity index (χ1n) is 8.00. The van der Waals surface area contributed by atoms with Crippen molar-refractivity contribution in [1.82, 2.24) is 9.88 Å². The molecule has 2 unspecified atom stereocenters. The first-order chi connectivity index (χ1) is 10.2. The third kappa shape index (κ3) is 3.25. The minimum absolute atomic E-state index is 0.384. The molecule has 3 heteroatoms. The number of benzene rings is 1. The van der Waals surface area contributed by atoms with Crippen LogP contribution in [0.3, 0.4) is 0 Å². The molecule has 2 heterocycles. The number of hydrogen-bond acceptors (Lipinski definition) is 3. The van der Waals surface area contributed by atoms with Crippen molar-refractivity contribution in [2.45, 2.75) is 39.3 Å². The Morgan fingerprint density at radius 1 is 1.29 bits per heavy atom. The van der Waals surface area contributed by atoms with Gasteiger partial charge in [0.2, 0.25) is 0 Å². The fraction of sp³-hybridized carbons (Fsp3) is 0.500. The highest BCUT2D eigenvalue weighted by molar-refractivity contribution is 5.79. The van der Waals surface area contributed by atoms with Crippen LogP contribution in [-0.4, -0.2) is 29.0 Å². The maximum atomic E-state index is 6.20. The summed E-state index contributed by atoms with van der Waals surface area (Å²) < 4.78 is 0. The van der Waals surface area contributed by atoms with Crippen molar-refractivity contribution in [2.75, 3.05) is 13.1 Å². The predicted molar refractivity (Wildman–Crippen MR) is 88.1 cm³/mol. The number of aryl methyl sites for hydroxylation is 1. The number of fused-ring (bicyclic) bond motifs is 1. The molecule has 3 rings (SSSR count). The van der Waals surface area contributed by atoms with Crippen LogP contribution in [0.2, 0.25) is 0 Å². The van der Waals surface area contributed by atoms with Gasteiger partial charge in [0.05, 0.1) is 5.52 Å². The number of rotatable bonds is 3.